The lowest BCUT2D eigenvalue weighted by Gasteiger charge is -2.09. The minimum Gasteiger partial charge on any atom is -0.366 e. The van der Waals surface area contributed by atoms with Crippen molar-refractivity contribution < 1.29 is 13.2 Å². The second-order valence-electron chi connectivity index (χ2n) is 10.2. The van der Waals surface area contributed by atoms with Crippen LogP contribution in [-0.2, 0) is 0 Å². The number of anilines is 2. The van der Waals surface area contributed by atoms with E-state index < -0.39 is 11.6 Å². The van der Waals surface area contributed by atoms with Crippen molar-refractivity contribution in [1.29, 1.82) is 0 Å². The largest absolute Gasteiger partial charge is 0.366 e. The molecule has 6 rings (SSSR count). The second kappa shape index (κ2) is 12.8. The maximum absolute atomic E-state index is 13.5. The summed E-state index contributed by atoms with van der Waals surface area (Å²) in [5, 5.41) is 15.8. The molecule has 10 nitrogen and oxygen atoms in total. The maximum Gasteiger partial charge on any atom is 0.240 e. The van der Waals surface area contributed by atoms with Crippen molar-refractivity contribution in [2.45, 2.75) is 27.7 Å². The van der Waals surface area contributed by atoms with E-state index >= 15 is 0 Å². The Hall–Kier alpha value is -5.85. The average molecular weight is 609 g/mol. The molecule has 45 heavy (non-hydrogen) atoms. The second-order valence-corrected chi connectivity index (χ2v) is 10.2. The molecular weight excluding hydrogens is 581 g/mol. The number of benzene rings is 2. The summed E-state index contributed by atoms with van der Waals surface area (Å²) in [7, 11) is 0. The van der Waals surface area contributed by atoms with Crippen LogP contribution in [0.5, 0.6) is 0 Å². The summed E-state index contributed by atoms with van der Waals surface area (Å²) in [6.07, 6.45) is 0. The molecule has 0 unspecified atom stereocenters. The zero-order chi connectivity index (χ0) is 32.2. The van der Waals surface area contributed by atoms with Crippen LogP contribution in [0.4, 0.5) is 25.1 Å². The summed E-state index contributed by atoms with van der Waals surface area (Å²) in [6, 6.07) is 16.7. The van der Waals surface area contributed by atoms with E-state index in [2.05, 4.69) is 40.3 Å². The lowest BCUT2D eigenvalue weighted by atomic mass is 10.0. The van der Waals surface area contributed by atoms with Crippen molar-refractivity contribution in [1.82, 2.24) is 40.3 Å². The van der Waals surface area contributed by atoms with Gasteiger partial charge in [0.05, 0.1) is 0 Å². The molecule has 0 saturated heterocycles. The summed E-state index contributed by atoms with van der Waals surface area (Å²) in [5.41, 5.74) is 18.6. The molecule has 226 valence electrons. The van der Waals surface area contributed by atoms with E-state index in [1.54, 1.807) is 24.3 Å². The zero-order valence-electron chi connectivity index (χ0n) is 24.7. The molecule has 0 saturated carbocycles. The first kappa shape index (κ1) is 30.6. The third-order valence-corrected chi connectivity index (χ3v) is 6.35. The van der Waals surface area contributed by atoms with Gasteiger partial charge in [-0.25, -0.2) is 23.1 Å². The van der Waals surface area contributed by atoms with Gasteiger partial charge in [-0.05, 0) is 76.2 Å². The van der Waals surface area contributed by atoms with E-state index in [-0.39, 0.29) is 29.0 Å². The van der Waals surface area contributed by atoms with Crippen LogP contribution in [0.1, 0.15) is 22.8 Å². The van der Waals surface area contributed by atoms with Crippen LogP contribution in [0.3, 0.4) is 0 Å². The number of hydrogen-bond donors (Lipinski definition) is 2. The van der Waals surface area contributed by atoms with Gasteiger partial charge in [-0.1, -0.05) is 12.1 Å². The first-order valence-electron chi connectivity index (χ1n) is 13.6. The van der Waals surface area contributed by atoms with E-state index in [9.17, 15) is 13.2 Å². The Morgan fingerprint density at radius 2 is 0.822 bits per heavy atom. The molecular formula is C32H27F3N10. The van der Waals surface area contributed by atoms with Gasteiger partial charge in [0.2, 0.25) is 11.9 Å². The molecule has 0 fully saturated rings. The fourth-order valence-corrected chi connectivity index (χ4v) is 4.74. The number of aryl methyl sites for hydroxylation is 4. The van der Waals surface area contributed by atoms with Crippen molar-refractivity contribution >= 4 is 11.9 Å². The highest BCUT2D eigenvalue weighted by atomic mass is 19.1. The zero-order valence-corrected chi connectivity index (χ0v) is 24.7. The van der Waals surface area contributed by atoms with E-state index in [1.807, 2.05) is 39.8 Å². The molecule has 0 spiro atoms. The molecule has 2 aromatic carbocycles. The van der Waals surface area contributed by atoms with Gasteiger partial charge in [-0.15, -0.1) is 20.4 Å². The quantitative estimate of drug-likeness (QED) is 0.243. The Kier molecular flexibility index (Phi) is 8.70. The predicted molar refractivity (Wildman–Crippen MR) is 165 cm³/mol. The minimum absolute atomic E-state index is 0.0468. The van der Waals surface area contributed by atoms with Gasteiger partial charge in [0, 0.05) is 51.1 Å². The molecule has 0 bridgehead atoms. The van der Waals surface area contributed by atoms with Crippen molar-refractivity contribution in [3.8, 4) is 45.0 Å². The molecule has 0 aliphatic carbocycles. The minimum atomic E-state index is -0.703. The van der Waals surface area contributed by atoms with E-state index in [0.29, 0.717) is 28.2 Å². The summed E-state index contributed by atoms with van der Waals surface area (Å²) >= 11 is 0. The molecule has 13 heteroatoms. The first-order valence-corrected chi connectivity index (χ1v) is 13.6. The van der Waals surface area contributed by atoms with Crippen LogP contribution >= 0.6 is 0 Å². The monoisotopic (exact) mass is 608 g/mol. The highest BCUT2D eigenvalue weighted by molar-refractivity contribution is 5.79. The van der Waals surface area contributed by atoms with Gasteiger partial charge >= 0.3 is 0 Å². The van der Waals surface area contributed by atoms with Gasteiger partial charge in [-0.2, -0.15) is 0 Å². The molecule has 4 heterocycles. The first-order chi connectivity index (χ1) is 21.4. The summed E-state index contributed by atoms with van der Waals surface area (Å²) in [5.74, 6) is -1.78. The Labute approximate surface area is 256 Å². The van der Waals surface area contributed by atoms with Gasteiger partial charge in [0.25, 0.3) is 0 Å². The Bertz CT molecular complexity index is 1970. The number of aromatic nitrogens is 8. The molecule has 0 atom stereocenters. The van der Waals surface area contributed by atoms with Crippen molar-refractivity contribution in [3.63, 3.8) is 0 Å². The fraction of sp³-hybridized carbons (Fsp3) is 0.125. The smallest absolute Gasteiger partial charge is 0.240 e. The van der Waals surface area contributed by atoms with Crippen LogP contribution < -0.4 is 11.5 Å². The van der Waals surface area contributed by atoms with E-state index in [4.69, 9.17) is 11.5 Å². The predicted octanol–water partition coefficient (Wildman–Crippen LogP) is 6.02. The summed E-state index contributed by atoms with van der Waals surface area (Å²) in [6.45, 7) is 7.49. The van der Waals surface area contributed by atoms with E-state index in [0.717, 1.165) is 34.4 Å². The van der Waals surface area contributed by atoms with Gasteiger partial charge < -0.3 is 11.5 Å². The topological polar surface area (TPSA) is 155 Å². The number of nitrogens with two attached hydrogens (primary N) is 2. The van der Waals surface area contributed by atoms with Crippen LogP contribution in [-0.4, -0.2) is 40.3 Å². The number of rotatable bonds is 4. The van der Waals surface area contributed by atoms with Gasteiger partial charge in [-0.3, -0.25) is 9.97 Å². The maximum atomic E-state index is 13.5. The SMILES string of the molecule is Cc1cc(-c2nnc(N)nc2-c2cc(F)cc(F)c2)cc(C)n1.Cc1cc(-c2nnc(N)nc2-c2cccc(F)c2)cc(C)n1. The van der Waals surface area contributed by atoms with Gasteiger partial charge in [0.1, 0.15) is 40.2 Å². The Morgan fingerprint density at radius 1 is 0.422 bits per heavy atom. The number of halogens is 3. The number of nitrogen functional groups attached to an aromatic ring is 2. The molecule has 0 aliphatic rings. The fourth-order valence-electron chi connectivity index (χ4n) is 4.74. The standard InChI is InChI=1S/C16H13F2N5.C16H14FN5/c1-8-3-10(4-9(2)20-8)15-14(21-16(19)23-22-15)11-5-12(17)7-13(18)6-11;1-9-6-12(7-10(2)19-9)15-14(20-16(18)22-21-15)11-4-3-5-13(17)8-11/h3-7H,1-2H3,(H2,19,21,23);3-8H,1-2H3,(H2,18,20,22). The van der Waals surface area contributed by atoms with Crippen LogP contribution in [0.15, 0.2) is 66.7 Å². The normalized spacial score (nSPS) is 10.7. The van der Waals surface area contributed by atoms with Crippen molar-refractivity contribution in [2.24, 2.45) is 0 Å². The molecule has 0 radical (unpaired) electrons. The van der Waals surface area contributed by atoms with Crippen LogP contribution in [0, 0.1) is 45.1 Å². The highest BCUT2D eigenvalue weighted by Gasteiger charge is 2.16. The Balaban J connectivity index is 0.000000178. The van der Waals surface area contributed by atoms with E-state index in [1.165, 1.54) is 24.3 Å². The van der Waals surface area contributed by atoms with Crippen LogP contribution in [0.2, 0.25) is 0 Å². The molecule has 4 aromatic heterocycles. The number of nitrogens with zero attached hydrogens (tertiary/aromatic N) is 8. The molecule has 6 aromatic rings. The summed E-state index contributed by atoms with van der Waals surface area (Å²) in [4.78, 5) is 17.0. The number of pyridine rings is 2. The third kappa shape index (κ3) is 7.39. The molecule has 0 amide bonds. The van der Waals surface area contributed by atoms with Gasteiger partial charge in [0.15, 0.2) is 0 Å². The summed E-state index contributed by atoms with van der Waals surface area (Å²) < 4.78 is 40.6. The van der Waals surface area contributed by atoms with Crippen molar-refractivity contribution in [3.05, 3.63) is 107 Å². The Morgan fingerprint density at radius 3 is 1.27 bits per heavy atom. The highest BCUT2D eigenvalue weighted by Crippen LogP contribution is 2.31. The van der Waals surface area contributed by atoms with Crippen molar-refractivity contribution in [2.75, 3.05) is 11.5 Å². The lowest BCUT2D eigenvalue weighted by molar-refractivity contribution is 0.584. The average Bonchev–Trinajstić information content (AvgIpc) is 2.96. The molecule has 0 aliphatic heterocycles. The third-order valence-electron chi connectivity index (χ3n) is 6.35. The lowest BCUT2D eigenvalue weighted by Crippen LogP contribution is -2.03. The molecule has 4 N–H and O–H groups in total. The van der Waals surface area contributed by atoms with Crippen LogP contribution in [0.25, 0.3) is 45.0 Å². The number of hydrogen-bond acceptors (Lipinski definition) is 10.